The third-order valence-electron chi connectivity index (χ3n) is 3.31. The van der Waals surface area contributed by atoms with E-state index in [-0.39, 0.29) is 0 Å². The topological polar surface area (TPSA) is 80.9 Å². The van der Waals surface area contributed by atoms with Crippen molar-refractivity contribution in [3.8, 4) is 17.2 Å². The Morgan fingerprint density at radius 2 is 1.62 bits per heavy atom. The summed E-state index contributed by atoms with van der Waals surface area (Å²) in [6.45, 7) is 2.89. The first kappa shape index (κ1) is 19.8. The van der Waals surface area contributed by atoms with Crippen molar-refractivity contribution >= 4 is 23.2 Å². The number of hydrazine groups is 1. The highest BCUT2D eigenvalue weighted by Crippen LogP contribution is 2.34. The lowest BCUT2D eigenvalue weighted by molar-refractivity contribution is 0.0940. The standard InChI is InChI=1S/C16H25N3O4S/c1-5-6-7-8-17-16(24)19-18-15(20)11-9-13(22-3)14(23-4)10-12(11)21-2/h9-10H,5-8H2,1-4H3,(H,18,20)(H2,17,19,24). The predicted molar refractivity (Wildman–Crippen MR) is 96.8 cm³/mol. The van der Waals surface area contributed by atoms with Gasteiger partial charge in [-0.25, -0.2) is 0 Å². The van der Waals surface area contributed by atoms with E-state index in [9.17, 15) is 4.79 Å². The molecule has 0 radical (unpaired) electrons. The van der Waals surface area contributed by atoms with Crippen LogP contribution in [0.4, 0.5) is 0 Å². The number of benzene rings is 1. The first-order valence-corrected chi connectivity index (χ1v) is 8.12. The van der Waals surface area contributed by atoms with Crippen molar-refractivity contribution < 1.29 is 19.0 Å². The predicted octanol–water partition coefficient (Wildman–Crippen LogP) is 2.01. The molecule has 24 heavy (non-hydrogen) atoms. The van der Waals surface area contributed by atoms with Crippen LogP contribution in [0.25, 0.3) is 0 Å². The van der Waals surface area contributed by atoms with E-state index < -0.39 is 5.91 Å². The summed E-state index contributed by atoms with van der Waals surface area (Å²) in [6.07, 6.45) is 3.29. The number of nitrogens with one attached hydrogen (secondary N) is 3. The van der Waals surface area contributed by atoms with E-state index in [1.165, 1.54) is 21.3 Å². The van der Waals surface area contributed by atoms with Gasteiger partial charge in [0.05, 0.1) is 26.9 Å². The quantitative estimate of drug-likeness (QED) is 0.374. The van der Waals surface area contributed by atoms with Crippen LogP contribution in [0.5, 0.6) is 17.2 Å². The van der Waals surface area contributed by atoms with Crippen LogP contribution in [-0.2, 0) is 0 Å². The Morgan fingerprint density at radius 1 is 1.00 bits per heavy atom. The van der Waals surface area contributed by atoms with Crippen LogP contribution in [0.1, 0.15) is 36.5 Å². The Balaban J connectivity index is 2.68. The number of methoxy groups -OCH3 is 3. The number of unbranched alkanes of at least 4 members (excludes halogenated alkanes) is 2. The van der Waals surface area contributed by atoms with Gasteiger partial charge in [0.2, 0.25) is 0 Å². The zero-order valence-corrected chi connectivity index (χ0v) is 15.3. The van der Waals surface area contributed by atoms with Gasteiger partial charge in [0.25, 0.3) is 5.91 Å². The molecule has 0 bridgehead atoms. The third-order valence-corrected chi connectivity index (χ3v) is 3.55. The minimum atomic E-state index is -0.398. The van der Waals surface area contributed by atoms with Gasteiger partial charge in [0, 0.05) is 18.7 Å². The van der Waals surface area contributed by atoms with E-state index in [0.717, 1.165) is 25.8 Å². The van der Waals surface area contributed by atoms with Crippen LogP contribution in [-0.4, -0.2) is 38.9 Å². The Labute approximate surface area is 148 Å². The first-order chi connectivity index (χ1) is 11.6. The number of carbonyl (C=O) groups excluding carboxylic acids is 1. The van der Waals surface area contributed by atoms with Gasteiger partial charge in [0.1, 0.15) is 5.75 Å². The number of ether oxygens (including phenoxy) is 3. The van der Waals surface area contributed by atoms with Gasteiger partial charge < -0.3 is 19.5 Å². The van der Waals surface area contributed by atoms with E-state index in [4.69, 9.17) is 26.4 Å². The molecule has 1 rings (SSSR count). The molecule has 1 aromatic rings. The molecule has 0 aliphatic carbocycles. The van der Waals surface area contributed by atoms with Crippen LogP contribution >= 0.6 is 12.2 Å². The van der Waals surface area contributed by atoms with E-state index in [1.807, 2.05) is 0 Å². The number of carbonyl (C=O) groups is 1. The Bertz CT molecular complexity index is 566. The molecule has 8 heteroatoms. The van der Waals surface area contributed by atoms with Gasteiger partial charge in [-0.15, -0.1) is 0 Å². The summed E-state index contributed by atoms with van der Waals surface area (Å²) in [5.74, 6) is 0.884. The van der Waals surface area contributed by atoms with E-state index >= 15 is 0 Å². The smallest absolute Gasteiger partial charge is 0.273 e. The second kappa shape index (κ2) is 10.5. The van der Waals surface area contributed by atoms with E-state index in [0.29, 0.717) is 27.9 Å². The largest absolute Gasteiger partial charge is 0.496 e. The molecule has 0 heterocycles. The molecule has 0 aliphatic heterocycles. The molecule has 3 N–H and O–H groups in total. The van der Waals surface area contributed by atoms with Crippen molar-refractivity contribution in [2.45, 2.75) is 26.2 Å². The summed E-state index contributed by atoms with van der Waals surface area (Å²) in [5.41, 5.74) is 5.50. The summed E-state index contributed by atoms with van der Waals surface area (Å²) in [7, 11) is 4.49. The van der Waals surface area contributed by atoms with Gasteiger partial charge in [-0.1, -0.05) is 19.8 Å². The lowest BCUT2D eigenvalue weighted by Crippen LogP contribution is -2.47. The summed E-state index contributed by atoms with van der Waals surface area (Å²) in [6, 6.07) is 3.14. The van der Waals surface area contributed by atoms with Gasteiger partial charge >= 0.3 is 0 Å². The lowest BCUT2D eigenvalue weighted by Gasteiger charge is -2.15. The molecule has 0 aromatic heterocycles. The molecule has 0 spiro atoms. The Hall–Kier alpha value is -2.22. The molecule has 0 saturated heterocycles. The Morgan fingerprint density at radius 3 is 2.21 bits per heavy atom. The molecule has 7 nitrogen and oxygen atoms in total. The fourth-order valence-electron chi connectivity index (χ4n) is 2.01. The van der Waals surface area contributed by atoms with Gasteiger partial charge in [-0.3, -0.25) is 15.6 Å². The summed E-state index contributed by atoms with van der Waals surface area (Å²) >= 11 is 5.11. The molecule has 0 saturated carbocycles. The van der Waals surface area contributed by atoms with Crippen LogP contribution in [0, 0.1) is 0 Å². The van der Waals surface area contributed by atoms with E-state index in [1.54, 1.807) is 12.1 Å². The number of hydrogen-bond donors (Lipinski definition) is 3. The SMILES string of the molecule is CCCCCNC(=S)NNC(=O)c1cc(OC)c(OC)cc1OC. The highest BCUT2D eigenvalue weighted by Gasteiger charge is 2.17. The fourth-order valence-corrected chi connectivity index (χ4v) is 2.16. The number of thiocarbonyl (C=S) groups is 1. The molecule has 0 fully saturated rings. The maximum Gasteiger partial charge on any atom is 0.273 e. The second-order valence-electron chi connectivity index (χ2n) is 4.95. The molecule has 1 aromatic carbocycles. The Kier molecular flexibility index (Phi) is 8.70. The zero-order valence-electron chi connectivity index (χ0n) is 14.5. The maximum atomic E-state index is 12.3. The number of amides is 1. The molecule has 1 amide bonds. The molecule has 0 atom stereocenters. The summed E-state index contributed by atoms with van der Waals surface area (Å²) in [4.78, 5) is 12.3. The van der Waals surface area contributed by atoms with Crippen molar-refractivity contribution in [2.24, 2.45) is 0 Å². The van der Waals surface area contributed by atoms with Gasteiger partial charge in [0.15, 0.2) is 16.6 Å². The van der Waals surface area contributed by atoms with Gasteiger partial charge in [-0.2, -0.15) is 0 Å². The van der Waals surface area contributed by atoms with Crippen molar-refractivity contribution in [1.82, 2.24) is 16.2 Å². The minimum absolute atomic E-state index is 0.302. The molecular weight excluding hydrogens is 330 g/mol. The van der Waals surface area contributed by atoms with Crippen molar-refractivity contribution in [2.75, 3.05) is 27.9 Å². The van der Waals surface area contributed by atoms with E-state index in [2.05, 4.69) is 23.1 Å². The third kappa shape index (κ3) is 5.77. The number of rotatable bonds is 8. The van der Waals surface area contributed by atoms with Gasteiger partial charge in [-0.05, 0) is 18.6 Å². The van der Waals surface area contributed by atoms with Crippen LogP contribution in [0.15, 0.2) is 12.1 Å². The fraction of sp³-hybridized carbons (Fsp3) is 0.500. The van der Waals surface area contributed by atoms with Crippen molar-refractivity contribution in [1.29, 1.82) is 0 Å². The average molecular weight is 355 g/mol. The average Bonchev–Trinajstić information content (AvgIpc) is 2.61. The summed E-state index contributed by atoms with van der Waals surface area (Å²) in [5, 5.41) is 3.38. The lowest BCUT2D eigenvalue weighted by atomic mass is 10.1. The molecule has 134 valence electrons. The van der Waals surface area contributed by atoms with Crippen molar-refractivity contribution in [3.63, 3.8) is 0 Å². The highest BCUT2D eigenvalue weighted by molar-refractivity contribution is 7.80. The highest BCUT2D eigenvalue weighted by atomic mass is 32.1. The summed E-state index contributed by atoms with van der Waals surface area (Å²) < 4.78 is 15.6. The molecule has 0 unspecified atom stereocenters. The minimum Gasteiger partial charge on any atom is -0.496 e. The maximum absolute atomic E-state index is 12.3. The first-order valence-electron chi connectivity index (χ1n) is 7.71. The second-order valence-corrected chi connectivity index (χ2v) is 5.36. The number of hydrogen-bond acceptors (Lipinski definition) is 5. The van der Waals surface area contributed by atoms with Crippen LogP contribution in [0.3, 0.4) is 0 Å². The monoisotopic (exact) mass is 355 g/mol. The van der Waals surface area contributed by atoms with Crippen molar-refractivity contribution in [3.05, 3.63) is 17.7 Å². The van der Waals surface area contributed by atoms with Crippen LogP contribution < -0.4 is 30.4 Å². The molecule has 0 aliphatic rings. The normalized spacial score (nSPS) is 9.83. The zero-order chi connectivity index (χ0) is 17.9. The molecular formula is C16H25N3O4S. The van der Waals surface area contributed by atoms with Crippen LogP contribution in [0.2, 0.25) is 0 Å².